The van der Waals surface area contributed by atoms with E-state index in [9.17, 15) is 0 Å². The zero-order valence-electron chi connectivity index (χ0n) is 11.9. The second kappa shape index (κ2) is 7.26. The Bertz CT molecular complexity index is 677. The molecule has 0 aliphatic heterocycles. The van der Waals surface area contributed by atoms with Crippen LogP contribution >= 0.6 is 15.9 Å². The monoisotopic (exact) mass is 344 g/mol. The van der Waals surface area contributed by atoms with Gasteiger partial charge in [-0.25, -0.2) is 0 Å². The Morgan fingerprint density at radius 1 is 1.24 bits per heavy atom. The molecule has 0 spiro atoms. The molecule has 0 fully saturated rings. The Balaban J connectivity index is 2.26. The highest BCUT2D eigenvalue weighted by Gasteiger charge is 2.10. The standard InChI is InChI=1S/C17H17BrN2O/c1-12-8-16(18)9-13(6-7-19)17(12)21-11-15-5-3-2-4-14(15)10-20/h2-5,8-9H,6-7,11,19H2,1H3. The average molecular weight is 345 g/mol. The number of aryl methyl sites for hydroxylation is 1. The number of nitriles is 1. The summed E-state index contributed by atoms with van der Waals surface area (Å²) in [5.74, 6) is 0.858. The highest BCUT2D eigenvalue weighted by atomic mass is 79.9. The van der Waals surface area contributed by atoms with E-state index >= 15 is 0 Å². The van der Waals surface area contributed by atoms with Gasteiger partial charge in [0.1, 0.15) is 12.4 Å². The fraction of sp³-hybridized carbons (Fsp3) is 0.235. The SMILES string of the molecule is Cc1cc(Br)cc(CCN)c1OCc1ccccc1C#N. The van der Waals surface area contributed by atoms with Gasteiger partial charge in [0, 0.05) is 10.0 Å². The molecule has 0 atom stereocenters. The second-order valence-corrected chi connectivity index (χ2v) is 5.72. The van der Waals surface area contributed by atoms with Crippen LogP contribution < -0.4 is 10.5 Å². The van der Waals surface area contributed by atoms with Crippen molar-refractivity contribution in [3.05, 3.63) is 63.1 Å². The van der Waals surface area contributed by atoms with Crippen molar-refractivity contribution < 1.29 is 4.74 Å². The number of nitrogens with two attached hydrogens (primary N) is 1. The molecule has 21 heavy (non-hydrogen) atoms. The molecule has 0 aliphatic carbocycles. The summed E-state index contributed by atoms with van der Waals surface area (Å²) in [7, 11) is 0. The van der Waals surface area contributed by atoms with Crippen molar-refractivity contribution in [1.82, 2.24) is 0 Å². The Labute approximate surface area is 133 Å². The lowest BCUT2D eigenvalue weighted by Crippen LogP contribution is -2.07. The van der Waals surface area contributed by atoms with E-state index in [1.165, 1.54) is 0 Å². The number of hydrogen-bond donors (Lipinski definition) is 1. The van der Waals surface area contributed by atoms with Gasteiger partial charge in [0.05, 0.1) is 11.6 Å². The van der Waals surface area contributed by atoms with E-state index in [2.05, 4.69) is 22.0 Å². The molecule has 0 saturated carbocycles. The molecule has 2 N–H and O–H groups in total. The first kappa shape index (κ1) is 15.6. The van der Waals surface area contributed by atoms with E-state index in [1.54, 1.807) is 6.07 Å². The van der Waals surface area contributed by atoms with Crippen LogP contribution in [-0.2, 0) is 13.0 Å². The van der Waals surface area contributed by atoms with Crippen LogP contribution in [0.25, 0.3) is 0 Å². The van der Waals surface area contributed by atoms with Crippen LogP contribution in [0.5, 0.6) is 5.75 Å². The summed E-state index contributed by atoms with van der Waals surface area (Å²) in [6, 6.07) is 13.7. The summed E-state index contributed by atoms with van der Waals surface area (Å²) in [4.78, 5) is 0. The first-order chi connectivity index (χ1) is 10.2. The van der Waals surface area contributed by atoms with Crippen LogP contribution in [0, 0.1) is 18.3 Å². The van der Waals surface area contributed by atoms with Crippen LogP contribution in [0.1, 0.15) is 22.3 Å². The molecule has 2 rings (SSSR count). The van der Waals surface area contributed by atoms with Gasteiger partial charge in [-0.3, -0.25) is 0 Å². The van der Waals surface area contributed by atoms with Gasteiger partial charge in [-0.15, -0.1) is 0 Å². The zero-order chi connectivity index (χ0) is 15.2. The quantitative estimate of drug-likeness (QED) is 0.899. The van der Waals surface area contributed by atoms with E-state index < -0.39 is 0 Å². The number of nitrogens with zero attached hydrogens (tertiary/aromatic N) is 1. The third-order valence-electron chi connectivity index (χ3n) is 3.24. The molecule has 0 bridgehead atoms. The summed E-state index contributed by atoms with van der Waals surface area (Å²) in [5.41, 5.74) is 9.34. The maximum atomic E-state index is 9.12. The summed E-state index contributed by atoms with van der Waals surface area (Å²) in [6.45, 7) is 2.96. The normalized spacial score (nSPS) is 10.2. The van der Waals surface area contributed by atoms with Crippen molar-refractivity contribution in [3.8, 4) is 11.8 Å². The predicted octanol–water partition coefficient (Wildman–Crippen LogP) is 3.71. The van der Waals surface area contributed by atoms with Crippen molar-refractivity contribution in [1.29, 1.82) is 5.26 Å². The van der Waals surface area contributed by atoms with Crippen LogP contribution in [0.2, 0.25) is 0 Å². The van der Waals surface area contributed by atoms with E-state index in [0.717, 1.165) is 33.3 Å². The molecule has 4 heteroatoms. The lowest BCUT2D eigenvalue weighted by Gasteiger charge is -2.15. The Hall–Kier alpha value is -1.83. The molecular formula is C17H17BrN2O. The molecule has 2 aromatic carbocycles. The minimum absolute atomic E-state index is 0.379. The second-order valence-electron chi connectivity index (χ2n) is 4.81. The summed E-state index contributed by atoms with van der Waals surface area (Å²) in [6.07, 6.45) is 0.759. The molecule has 0 unspecified atom stereocenters. The van der Waals surface area contributed by atoms with Crippen LogP contribution in [-0.4, -0.2) is 6.54 Å². The van der Waals surface area contributed by atoms with Gasteiger partial charge in [0.2, 0.25) is 0 Å². The van der Waals surface area contributed by atoms with Crippen molar-refractivity contribution in [2.24, 2.45) is 5.73 Å². The number of benzene rings is 2. The minimum atomic E-state index is 0.379. The lowest BCUT2D eigenvalue weighted by atomic mass is 10.1. The highest BCUT2D eigenvalue weighted by molar-refractivity contribution is 9.10. The molecule has 108 valence electrons. The van der Waals surface area contributed by atoms with Crippen molar-refractivity contribution in [2.45, 2.75) is 20.0 Å². The fourth-order valence-corrected chi connectivity index (χ4v) is 2.87. The molecule has 2 aromatic rings. The molecule has 0 saturated heterocycles. The van der Waals surface area contributed by atoms with Crippen molar-refractivity contribution >= 4 is 15.9 Å². The van der Waals surface area contributed by atoms with E-state index in [-0.39, 0.29) is 0 Å². The molecular weight excluding hydrogens is 328 g/mol. The predicted molar refractivity (Wildman–Crippen MR) is 87.1 cm³/mol. The van der Waals surface area contributed by atoms with Crippen LogP contribution in [0.3, 0.4) is 0 Å². The first-order valence-corrected chi connectivity index (χ1v) is 7.55. The van der Waals surface area contributed by atoms with Gasteiger partial charge in [0.15, 0.2) is 0 Å². The van der Waals surface area contributed by atoms with Crippen LogP contribution in [0.15, 0.2) is 40.9 Å². The largest absolute Gasteiger partial charge is 0.488 e. The van der Waals surface area contributed by atoms with E-state index in [0.29, 0.717) is 18.7 Å². The number of hydrogen-bond acceptors (Lipinski definition) is 3. The third kappa shape index (κ3) is 3.84. The molecule has 0 heterocycles. The Morgan fingerprint density at radius 3 is 2.71 bits per heavy atom. The zero-order valence-corrected chi connectivity index (χ0v) is 13.5. The molecule has 0 radical (unpaired) electrons. The Kier molecular flexibility index (Phi) is 5.38. The lowest BCUT2D eigenvalue weighted by molar-refractivity contribution is 0.300. The van der Waals surface area contributed by atoms with Gasteiger partial charge in [0.25, 0.3) is 0 Å². The summed E-state index contributed by atoms with van der Waals surface area (Å²) >= 11 is 3.50. The highest BCUT2D eigenvalue weighted by Crippen LogP contribution is 2.29. The van der Waals surface area contributed by atoms with Gasteiger partial charge in [-0.2, -0.15) is 5.26 Å². The van der Waals surface area contributed by atoms with Crippen LogP contribution in [0.4, 0.5) is 0 Å². The van der Waals surface area contributed by atoms with Crippen molar-refractivity contribution in [3.63, 3.8) is 0 Å². The molecule has 0 aliphatic rings. The first-order valence-electron chi connectivity index (χ1n) is 6.75. The smallest absolute Gasteiger partial charge is 0.126 e. The van der Waals surface area contributed by atoms with Gasteiger partial charge in [-0.1, -0.05) is 34.1 Å². The minimum Gasteiger partial charge on any atom is -0.488 e. The molecule has 0 amide bonds. The summed E-state index contributed by atoms with van der Waals surface area (Å²) < 4.78 is 7.00. The van der Waals surface area contributed by atoms with Gasteiger partial charge >= 0.3 is 0 Å². The van der Waals surface area contributed by atoms with E-state index in [4.69, 9.17) is 15.7 Å². The summed E-state index contributed by atoms with van der Waals surface area (Å²) in [5, 5.41) is 9.12. The Morgan fingerprint density at radius 2 is 2.00 bits per heavy atom. The maximum absolute atomic E-state index is 9.12. The fourth-order valence-electron chi connectivity index (χ4n) is 2.25. The van der Waals surface area contributed by atoms with Gasteiger partial charge in [-0.05, 0) is 49.2 Å². The van der Waals surface area contributed by atoms with Crippen molar-refractivity contribution in [2.75, 3.05) is 6.54 Å². The number of ether oxygens (including phenoxy) is 1. The topological polar surface area (TPSA) is 59.0 Å². The molecule has 3 nitrogen and oxygen atoms in total. The maximum Gasteiger partial charge on any atom is 0.126 e. The number of halogens is 1. The average Bonchev–Trinajstić information content (AvgIpc) is 2.47. The third-order valence-corrected chi connectivity index (χ3v) is 3.70. The van der Waals surface area contributed by atoms with Gasteiger partial charge < -0.3 is 10.5 Å². The molecule has 0 aromatic heterocycles. The van der Waals surface area contributed by atoms with E-state index in [1.807, 2.05) is 37.3 Å². The number of rotatable bonds is 5.